The molecule has 1 heterocycles. The van der Waals surface area contributed by atoms with Crippen LogP contribution in [0.1, 0.15) is 38.7 Å². The highest BCUT2D eigenvalue weighted by Gasteiger charge is 2.44. The van der Waals surface area contributed by atoms with Crippen LogP contribution in [0, 0.1) is 5.92 Å². The minimum atomic E-state index is -4.60. The molecule has 1 fully saturated rings. The molecular weight excluding hydrogens is 381 g/mol. The molecule has 0 radical (unpaired) electrons. The number of piperidine rings is 1. The number of halogens is 3. The number of carbonyl (C=O) groups excluding carboxylic acids is 1. The number of sulfone groups is 1. The molecule has 1 aromatic rings. The fourth-order valence-electron chi connectivity index (χ4n) is 3.54. The zero-order valence-electron chi connectivity index (χ0n) is 15.4. The Morgan fingerprint density at radius 2 is 1.85 bits per heavy atom. The Morgan fingerprint density at radius 1 is 1.26 bits per heavy atom. The van der Waals surface area contributed by atoms with Gasteiger partial charge in [-0.2, -0.15) is 13.2 Å². The molecule has 1 atom stereocenters. The van der Waals surface area contributed by atoms with Crippen molar-refractivity contribution < 1.29 is 26.4 Å². The molecule has 0 saturated carbocycles. The van der Waals surface area contributed by atoms with Crippen molar-refractivity contribution in [3.05, 3.63) is 29.8 Å². The van der Waals surface area contributed by atoms with Gasteiger partial charge < -0.3 is 10.5 Å². The van der Waals surface area contributed by atoms with Crippen molar-refractivity contribution in [3.63, 3.8) is 0 Å². The second kappa shape index (κ2) is 7.89. The summed E-state index contributed by atoms with van der Waals surface area (Å²) in [5, 5.41) is 0. The van der Waals surface area contributed by atoms with E-state index in [0.717, 1.165) is 18.4 Å². The molecule has 5 nitrogen and oxygen atoms in total. The van der Waals surface area contributed by atoms with E-state index in [-0.39, 0.29) is 17.2 Å². The van der Waals surface area contributed by atoms with Crippen LogP contribution in [0.25, 0.3) is 0 Å². The molecule has 0 spiro atoms. The number of alkyl halides is 3. The first-order valence-corrected chi connectivity index (χ1v) is 10.2. The van der Waals surface area contributed by atoms with Crippen LogP contribution in [0.3, 0.4) is 0 Å². The van der Waals surface area contributed by atoms with E-state index in [1.807, 2.05) is 4.90 Å². The summed E-state index contributed by atoms with van der Waals surface area (Å²) in [5.41, 5.74) is 4.94. The highest BCUT2D eigenvalue weighted by molar-refractivity contribution is 7.92. The van der Waals surface area contributed by atoms with Gasteiger partial charge in [-0.1, -0.05) is 6.07 Å². The average Bonchev–Trinajstić information content (AvgIpc) is 2.61. The Bertz CT molecular complexity index is 770. The van der Waals surface area contributed by atoms with Crippen molar-refractivity contribution in [1.82, 2.24) is 4.90 Å². The number of nitrogens with two attached hydrogens (primary N) is 1. The van der Waals surface area contributed by atoms with Crippen molar-refractivity contribution in [3.8, 4) is 0 Å². The minimum Gasteiger partial charge on any atom is -0.315 e. The van der Waals surface area contributed by atoms with E-state index >= 15 is 0 Å². The summed E-state index contributed by atoms with van der Waals surface area (Å²) in [6, 6.07) is 3.89. The van der Waals surface area contributed by atoms with Crippen molar-refractivity contribution >= 4 is 16.1 Å². The summed E-state index contributed by atoms with van der Waals surface area (Å²) in [4.78, 5) is 12.2. The van der Waals surface area contributed by atoms with Crippen LogP contribution in [0.5, 0.6) is 0 Å². The SMILES string of the molecule is CC(C)(C1CCN(C(N)CC=O)CC1)S(=O)(=O)c1cccc(C(F)(F)F)c1. The standard InChI is InChI=1S/C18H25F3N2O3S/c1-17(2,13-6-9-23(10-7-13)16(22)8-11-24)27(25,26)15-5-3-4-14(12-15)18(19,20)21/h3-5,11-13,16H,6-10,22H2,1-2H3. The summed E-state index contributed by atoms with van der Waals surface area (Å²) in [6.45, 7) is 4.21. The van der Waals surface area contributed by atoms with Gasteiger partial charge in [0.05, 0.1) is 21.4 Å². The van der Waals surface area contributed by atoms with Gasteiger partial charge in [0.1, 0.15) is 6.29 Å². The first-order chi connectivity index (χ1) is 12.4. The molecule has 2 rings (SSSR count). The lowest BCUT2D eigenvalue weighted by molar-refractivity contribution is -0.137. The number of hydrogen-bond acceptors (Lipinski definition) is 5. The maximum absolute atomic E-state index is 13.1. The van der Waals surface area contributed by atoms with Gasteiger partial charge in [0.15, 0.2) is 9.84 Å². The number of aldehydes is 1. The van der Waals surface area contributed by atoms with Crippen LogP contribution in [-0.4, -0.2) is 43.6 Å². The Kier molecular flexibility index (Phi) is 6.38. The summed E-state index contributed by atoms with van der Waals surface area (Å²) >= 11 is 0. The largest absolute Gasteiger partial charge is 0.416 e. The van der Waals surface area contributed by atoms with Crippen LogP contribution in [0.4, 0.5) is 13.2 Å². The predicted octanol–water partition coefficient (Wildman–Crippen LogP) is 2.84. The number of benzene rings is 1. The monoisotopic (exact) mass is 406 g/mol. The molecule has 0 amide bonds. The molecule has 1 aliphatic heterocycles. The summed E-state index contributed by atoms with van der Waals surface area (Å²) in [7, 11) is -3.97. The van der Waals surface area contributed by atoms with Gasteiger partial charge in [-0.15, -0.1) is 0 Å². The number of rotatable bonds is 6. The molecule has 0 bridgehead atoms. The summed E-state index contributed by atoms with van der Waals surface area (Å²) in [5.74, 6) is -0.225. The smallest absolute Gasteiger partial charge is 0.315 e. The third kappa shape index (κ3) is 4.52. The molecule has 1 saturated heterocycles. The summed E-state index contributed by atoms with van der Waals surface area (Å²) in [6.07, 6.45) is -2.97. The van der Waals surface area contributed by atoms with Crippen molar-refractivity contribution in [2.75, 3.05) is 13.1 Å². The maximum atomic E-state index is 13.1. The van der Waals surface area contributed by atoms with Gasteiger partial charge in [-0.3, -0.25) is 4.90 Å². The van der Waals surface area contributed by atoms with Crippen molar-refractivity contribution in [2.45, 2.75) is 55.1 Å². The van der Waals surface area contributed by atoms with Gasteiger partial charge in [0.2, 0.25) is 0 Å². The van der Waals surface area contributed by atoms with E-state index in [0.29, 0.717) is 32.0 Å². The molecule has 27 heavy (non-hydrogen) atoms. The Hall–Kier alpha value is -1.45. The van der Waals surface area contributed by atoms with E-state index in [9.17, 15) is 26.4 Å². The first-order valence-electron chi connectivity index (χ1n) is 8.76. The molecule has 2 N–H and O–H groups in total. The lowest BCUT2D eigenvalue weighted by atomic mass is 9.85. The number of nitrogens with zero attached hydrogens (tertiary/aromatic N) is 1. The van der Waals surface area contributed by atoms with E-state index in [1.54, 1.807) is 13.8 Å². The van der Waals surface area contributed by atoms with Gasteiger partial charge >= 0.3 is 6.18 Å². The lowest BCUT2D eigenvalue weighted by Gasteiger charge is -2.41. The topological polar surface area (TPSA) is 80.5 Å². The molecule has 0 aliphatic carbocycles. The zero-order chi connectivity index (χ0) is 20.5. The normalized spacial score (nSPS) is 19.0. The number of likely N-dealkylation sites (tertiary alicyclic amines) is 1. The third-order valence-electron chi connectivity index (χ3n) is 5.48. The fraction of sp³-hybridized carbons (Fsp3) is 0.611. The highest BCUT2D eigenvalue weighted by Crippen LogP contribution is 2.39. The van der Waals surface area contributed by atoms with Gasteiger partial charge in [0, 0.05) is 6.42 Å². The lowest BCUT2D eigenvalue weighted by Crippen LogP contribution is -2.51. The molecule has 0 aromatic heterocycles. The number of carbonyl (C=O) groups is 1. The first kappa shape index (κ1) is 21.8. The Balaban J connectivity index is 2.22. The van der Waals surface area contributed by atoms with Crippen LogP contribution in [-0.2, 0) is 20.8 Å². The van der Waals surface area contributed by atoms with Crippen LogP contribution in [0.2, 0.25) is 0 Å². The van der Waals surface area contributed by atoms with Crippen LogP contribution >= 0.6 is 0 Å². The molecular formula is C18H25F3N2O3S. The highest BCUT2D eigenvalue weighted by atomic mass is 32.2. The molecule has 1 aromatic carbocycles. The molecule has 1 unspecified atom stereocenters. The molecule has 1 aliphatic rings. The zero-order valence-corrected chi connectivity index (χ0v) is 16.2. The van der Waals surface area contributed by atoms with Crippen LogP contribution in [0.15, 0.2) is 29.2 Å². The quantitative estimate of drug-likeness (QED) is 0.735. The third-order valence-corrected chi connectivity index (χ3v) is 8.08. The summed E-state index contributed by atoms with van der Waals surface area (Å²) < 4.78 is 63.8. The second-order valence-corrected chi connectivity index (χ2v) is 9.94. The van der Waals surface area contributed by atoms with Gasteiger partial charge in [-0.25, -0.2) is 8.42 Å². The second-order valence-electron chi connectivity index (χ2n) is 7.41. The van der Waals surface area contributed by atoms with E-state index in [2.05, 4.69) is 0 Å². The average molecular weight is 406 g/mol. The van der Waals surface area contributed by atoms with E-state index in [1.165, 1.54) is 6.07 Å². The van der Waals surface area contributed by atoms with Crippen molar-refractivity contribution in [1.29, 1.82) is 0 Å². The van der Waals surface area contributed by atoms with Gasteiger partial charge in [-0.05, 0) is 63.9 Å². The Labute approximate surface area is 157 Å². The fourth-order valence-corrected chi connectivity index (χ4v) is 5.36. The minimum absolute atomic E-state index is 0.205. The van der Waals surface area contributed by atoms with Crippen LogP contribution < -0.4 is 5.73 Å². The van der Waals surface area contributed by atoms with Gasteiger partial charge in [0.25, 0.3) is 0 Å². The molecule has 152 valence electrons. The van der Waals surface area contributed by atoms with Crippen molar-refractivity contribution in [2.24, 2.45) is 11.7 Å². The maximum Gasteiger partial charge on any atom is 0.416 e. The number of hydrogen-bond donors (Lipinski definition) is 1. The van der Waals surface area contributed by atoms with E-state index in [4.69, 9.17) is 5.73 Å². The Morgan fingerprint density at radius 3 is 2.37 bits per heavy atom. The predicted molar refractivity (Wildman–Crippen MR) is 95.7 cm³/mol. The molecule has 9 heteroatoms. The van der Waals surface area contributed by atoms with E-state index < -0.39 is 32.5 Å².